The fourth-order valence-electron chi connectivity index (χ4n) is 2.73. The van der Waals surface area contributed by atoms with Crippen molar-refractivity contribution in [2.24, 2.45) is 5.89 Å². The highest BCUT2D eigenvalue weighted by Gasteiger charge is 2.24. The quantitative estimate of drug-likeness (QED) is 0.732. The van der Waals surface area contributed by atoms with E-state index in [1.807, 2.05) is 0 Å². The van der Waals surface area contributed by atoms with E-state index in [0.29, 0.717) is 0 Å². The van der Waals surface area contributed by atoms with Crippen molar-refractivity contribution in [3.05, 3.63) is 28.2 Å². The van der Waals surface area contributed by atoms with Crippen LogP contribution in [0.3, 0.4) is 0 Å². The second kappa shape index (κ2) is 10.0. The molecule has 156 valence electrons. The van der Waals surface area contributed by atoms with Crippen molar-refractivity contribution in [2.75, 3.05) is 51.6 Å². The topological polar surface area (TPSA) is 38.8 Å². The number of amides is 2. The predicted molar refractivity (Wildman–Crippen MR) is 118 cm³/mol. The smallest absolute Gasteiger partial charge is 0.317 e. The van der Waals surface area contributed by atoms with Crippen LogP contribution in [0.5, 0.6) is 0 Å². The summed E-state index contributed by atoms with van der Waals surface area (Å²) in [7, 11) is 0. The van der Waals surface area contributed by atoms with E-state index in [-0.39, 0.29) is 54.5 Å². The Balaban J connectivity index is 1.92. The molecule has 5 nitrogen and oxygen atoms in total. The van der Waals surface area contributed by atoms with Gasteiger partial charge in [-0.15, -0.1) is 0 Å². The first kappa shape index (κ1) is 7.82. The first-order valence-electron chi connectivity index (χ1n) is 17.9. The zero-order valence-corrected chi connectivity index (χ0v) is 16.3. The first-order valence-corrected chi connectivity index (χ1v) is 9.17. The van der Waals surface area contributed by atoms with E-state index < -0.39 is 80.8 Å². The third-order valence-electron chi connectivity index (χ3n) is 4.23. The summed E-state index contributed by atoms with van der Waals surface area (Å²) in [6.07, 6.45) is -16.3. The molecule has 2 aliphatic rings. The first-order chi connectivity index (χ1) is 20.9. The number of carbonyl (C=O) groups excluding carboxylic acids is 1. The summed E-state index contributed by atoms with van der Waals surface area (Å²) < 4.78 is 155. The molecular weight excluding hydrogens is 395 g/mol. The average Bonchev–Trinajstić information content (AvgIpc) is 2.91. The van der Waals surface area contributed by atoms with E-state index in [4.69, 9.17) is 49.2 Å². The Bertz CT molecular complexity index is 1320. The van der Waals surface area contributed by atoms with Crippen molar-refractivity contribution in [1.82, 2.24) is 15.1 Å². The van der Waals surface area contributed by atoms with E-state index in [1.165, 1.54) is 5.32 Å². The number of urea groups is 1. The number of rotatable bonds is 5. The van der Waals surface area contributed by atoms with Gasteiger partial charge in [0, 0.05) is 66.7 Å². The molecule has 0 radical (unpaired) electrons. The van der Waals surface area contributed by atoms with Crippen molar-refractivity contribution in [3.63, 3.8) is 0 Å². The van der Waals surface area contributed by atoms with E-state index in [0.717, 1.165) is 0 Å². The van der Waals surface area contributed by atoms with Gasteiger partial charge < -0.3 is 15.1 Å². The highest BCUT2D eigenvalue weighted by molar-refractivity contribution is 6.43. The van der Waals surface area contributed by atoms with Crippen LogP contribution in [0.4, 0.5) is 10.5 Å². The largest absolute Gasteiger partial charge is 0.368 e. The van der Waals surface area contributed by atoms with Gasteiger partial charge in [0.1, 0.15) is 0 Å². The Morgan fingerprint density at radius 2 is 2.00 bits per heavy atom. The number of halogens is 2. The van der Waals surface area contributed by atoms with Gasteiger partial charge in [0.05, 0.1) is 21.2 Å². The van der Waals surface area contributed by atoms with Gasteiger partial charge in [0.2, 0.25) is 0 Å². The van der Waals surface area contributed by atoms with Crippen LogP contribution < -0.4 is 10.2 Å². The average molecular weight is 447 g/mol. The summed E-state index contributed by atoms with van der Waals surface area (Å²) in [6.45, 7) is -7.13. The molecule has 2 amide bonds. The lowest BCUT2D eigenvalue weighted by atomic mass is 9.84. The highest BCUT2D eigenvalue weighted by Crippen LogP contribution is 2.33. The minimum absolute atomic E-state index is 0.101. The number of carbonyl (C=O) groups is 1. The van der Waals surface area contributed by atoms with Gasteiger partial charge >= 0.3 is 6.03 Å². The molecule has 3 rings (SSSR count). The van der Waals surface area contributed by atoms with E-state index in [2.05, 4.69) is 0 Å². The van der Waals surface area contributed by atoms with Gasteiger partial charge in [-0.05, 0) is 56.4 Å². The van der Waals surface area contributed by atoms with Crippen LogP contribution in [-0.4, -0.2) is 68.5 Å². The molecule has 0 bridgehead atoms. The van der Waals surface area contributed by atoms with E-state index in [1.54, 1.807) is 9.80 Å². The second-order valence-electron chi connectivity index (χ2n) is 6.05. The normalized spacial score (nSPS) is 46.8. The summed E-state index contributed by atoms with van der Waals surface area (Å²) in [5.41, 5.74) is 0.111. The highest BCUT2D eigenvalue weighted by atomic mass is 35.5. The van der Waals surface area contributed by atoms with Crippen molar-refractivity contribution in [2.45, 2.75) is 37.9 Å². The van der Waals surface area contributed by atoms with Crippen LogP contribution in [0.15, 0.2) is 18.1 Å². The minimum Gasteiger partial charge on any atom is -0.368 e. The number of benzene rings is 1. The van der Waals surface area contributed by atoms with Crippen LogP contribution in [-0.2, 0) is 0 Å². The van der Waals surface area contributed by atoms with Crippen LogP contribution >= 0.6 is 23.2 Å². The third kappa shape index (κ3) is 5.68. The molecule has 0 unspecified atom stereocenters. The molecule has 1 aliphatic carbocycles. The molecule has 7 heteroatoms. The molecule has 1 aromatic rings. The number of anilines is 1. The monoisotopic (exact) mass is 445 g/mol. The molecule has 0 atom stereocenters. The minimum atomic E-state index is -3.99. The lowest BCUT2D eigenvalue weighted by Gasteiger charge is -2.37. The van der Waals surface area contributed by atoms with Gasteiger partial charge in [-0.1, -0.05) is 29.2 Å². The van der Waals surface area contributed by atoms with Gasteiger partial charge in [0.15, 0.2) is 0 Å². The van der Waals surface area contributed by atoms with Crippen LogP contribution in [0.25, 0.3) is 0 Å². The fraction of sp³-hybridized carbons (Fsp3) is 0.667. The Morgan fingerprint density at radius 1 is 1.29 bits per heavy atom. The molecule has 1 N–H and O–H groups in total. The van der Waals surface area contributed by atoms with Crippen LogP contribution in [0.1, 0.15) is 58.0 Å². The summed E-state index contributed by atoms with van der Waals surface area (Å²) in [5, 5.41) is 1.02. The number of piperazine rings is 1. The molecule has 0 spiro atoms. The maximum atomic E-state index is 12.9. The van der Waals surface area contributed by atoms with Crippen molar-refractivity contribution < 1.29 is 30.8 Å². The van der Waals surface area contributed by atoms with Crippen molar-refractivity contribution >= 4 is 34.9 Å². The van der Waals surface area contributed by atoms with Gasteiger partial charge in [-0.3, -0.25) is 4.90 Å². The molecule has 0 aromatic heterocycles. The summed E-state index contributed by atoms with van der Waals surface area (Å²) >= 11 is 12.3. The van der Waals surface area contributed by atoms with E-state index >= 15 is 0 Å². The maximum Gasteiger partial charge on any atom is 0.317 e. The third-order valence-corrected chi connectivity index (χ3v) is 4.98. The molecule has 1 aliphatic heterocycles. The van der Waals surface area contributed by atoms with Crippen LogP contribution in [0, 0.1) is 5.89 Å². The summed E-state index contributed by atoms with van der Waals surface area (Å²) in [6, 6.07) is -7.38. The SMILES string of the molecule is [2H]c1c([2H])c(Cl)c(Cl)c(N2CCN(CCC3([2H])C([2H])([2H])C([2H])([2H])C([2H])(NC(=O)N(C([2H])([2H])[2H])C([2H])([2H])[2H])C([2H])([2H])C3([2H])[2H])CC2)c1[2H]. The zero-order valence-electron chi connectivity index (χ0n) is 33.7. The van der Waals surface area contributed by atoms with Crippen molar-refractivity contribution in [1.29, 1.82) is 0 Å². The lowest BCUT2D eigenvalue weighted by Crippen LogP contribution is -2.47. The molecule has 2 fully saturated rings. The Morgan fingerprint density at radius 3 is 2.68 bits per heavy atom. The standard InChI is InChI=1S/C21H32Cl2N4O/c1-25(2)21(28)24-17-8-6-16(7-9-17)10-11-26-12-14-27(15-13-26)19-5-3-4-18(22)20(19)23/h3-5,16-17H,6-15H2,1-2H3,(H,24,28)/i1D3,2D3,3D,4D,5D,6D2,7D2,8D2,9D2,16D,17D. The molecule has 1 aromatic carbocycles. The Hall–Kier alpha value is -1.17. The van der Waals surface area contributed by atoms with Crippen molar-refractivity contribution in [3.8, 4) is 0 Å². The number of nitrogens with one attached hydrogen (secondary N) is 1. The fourth-order valence-corrected chi connectivity index (χ4v) is 3.08. The number of hydrogen-bond donors (Lipinski definition) is 1. The van der Waals surface area contributed by atoms with Gasteiger partial charge in [0.25, 0.3) is 0 Å². The maximum absolute atomic E-state index is 12.9. The molecule has 1 saturated heterocycles. The molecule has 28 heavy (non-hydrogen) atoms. The second-order valence-corrected chi connectivity index (χ2v) is 6.81. The number of hydrogen-bond acceptors (Lipinski definition) is 3. The predicted octanol–water partition coefficient (Wildman–Crippen LogP) is 4.34. The van der Waals surface area contributed by atoms with E-state index in [9.17, 15) is 4.79 Å². The lowest BCUT2D eigenvalue weighted by molar-refractivity contribution is 0.194. The summed E-state index contributed by atoms with van der Waals surface area (Å²) in [4.78, 5) is 15.4. The molecular formula is C21H32Cl2N4O. The molecule has 1 saturated carbocycles. The Labute approximate surface area is 205 Å². The Kier molecular flexibility index (Phi) is 2.81. The molecule has 1 heterocycles. The van der Waals surface area contributed by atoms with Gasteiger partial charge in [-0.2, -0.15) is 0 Å². The zero-order chi connectivity index (χ0) is 36.7. The van der Waals surface area contributed by atoms with Crippen LogP contribution in [0.2, 0.25) is 10.0 Å². The van der Waals surface area contributed by atoms with Gasteiger partial charge in [-0.25, -0.2) is 4.79 Å². The number of nitrogens with zero attached hydrogens (tertiary/aromatic N) is 3. The summed E-state index contributed by atoms with van der Waals surface area (Å²) in [5.74, 6) is -3.28.